The van der Waals surface area contributed by atoms with E-state index in [2.05, 4.69) is 44.5 Å². The van der Waals surface area contributed by atoms with E-state index in [1.54, 1.807) is 0 Å². The minimum Gasteiger partial charge on any atom is -0.287 e. The van der Waals surface area contributed by atoms with Crippen molar-refractivity contribution in [1.82, 2.24) is 0 Å². The van der Waals surface area contributed by atoms with Gasteiger partial charge < -0.3 is 0 Å². The van der Waals surface area contributed by atoms with Gasteiger partial charge in [0.15, 0.2) is 5.12 Å². The molecule has 12 heavy (non-hydrogen) atoms. The van der Waals surface area contributed by atoms with E-state index in [9.17, 15) is 4.79 Å². The maximum absolute atomic E-state index is 10.6. The molecular weight excluding hydrogens is 304 g/mol. The van der Waals surface area contributed by atoms with E-state index in [1.165, 1.54) is 0 Å². The highest BCUT2D eigenvalue weighted by molar-refractivity contribution is 9.13. The number of hydrogen-bond acceptors (Lipinski definition) is 1. The number of benzene rings is 1. The van der Waals surface area contributed by atoms with Crippen LogP contribution < -0.4 is 0 Å². The zero-order valence-corrected chi connectivity index (χ0v) is 10.1. The zero-order valence-electron chi connectivity index (χ0n) is 6.05. The van der Waals surface area contributed by atoms with Crippen molar-refractivity contribution in [2.45, 2.75) is 6.42 Å². The fourth-order valence-corrected chi connectivity index (χ4v) is 1.68. The van der Waals surface area contributed by atoms with Crippen molar-refractivity contribution >= 4 is 49.6 Å². The first-order valence-electron chi connectivity index (χ1n) is 3.25. The van der Waals surface area contributed by atoms with Crippen LogP contribution in [0.4, 0.5) is 0 Å². The van der Waals surface area contributed by atoms with E-state index in [0.717, 1.165) is 14.5 Å². The molecule has 1 aromatic carbocycles. The minimum atomic E-state index is -0.121. The summed E-state index contributed by atoms with van der Waals surface area (Å²) in [6, 6.07) is 5.69. The second-order valence-electron chi connectivity index (χ2n) is 2.32. The van der Waals surface area contributed by atoms with Gasteiger partial charge in [-0.2, -0.15) is 0 Å². The summed E-state index contributed by atoms with van der Waals surface area (Å²) < 4.78 is 1.94. The lowest BCUT2D eigenvalue weighted by atomic mass is 10.2. The highest BCUT2D eigenvalue weighted by Crippen LogP contribution is 2.24. The van der Waals surface area contributed by atoms with Crippen LogP contribution in [-0.2, 0) is 11.2 Å². The molecule has 0 radical (unpaired) electrons. The normalized spacial score (nSPS) is 9.92. The van der Waals surface area contributed by atoms with Gasteiger partial charge in [-0.25, -0.2) is 0 Å². The Morgan fingerprint density at radius 1 is 1.33 bits per heavy atom. The molecule has 1 rings (SSSR count). The Morgan fingerprint density at radius 2 is 2.00 bits per heavy atom. The average molecular weight is 310 g/mol. The molecule has 1 aromatic rings. The fraction of sp³-hybridized carbons (Fsp3) is 0.125. The van der Waals surface area contributed by atoms with Crippen molar-refractivity contribution in [2.75, 3.05) is 0 Å². The van der Waals surface area contributed by atoms with E-state index >= 15 is 0 Å². The van der Waals surface area contributed by atoms with Gasteiger partial charge in [-0.15, -0.1) is 12.6 Å². The van der Waals surface area contributed by atoms with Crippen LogP contribution in [0, 0.1) is 0 Å². The fourth-order valence-electron chi connectivity index (χ4n) is 0.824. The van der Waals surface area contributed by atoms with Gasteiger partial charge in [-0.3, -0.25) is 4.79 Å². The smallest absolute Gasteiger partial charge is 0.190 e. The van der Waals surface area contributed by atoms with Crippen LogP contribution in [0.15, 0.2) is 27.1 Å². The minimum absolute atomic E-state index is 0.121. The Bertz CT molecular complexity index is 312. The van der Waals surface area contributed by atoms with Crippen LogP contribution in [-0.4, -0.2) is 5.12 Å². The first-order chi connectivity index (χ1) is 5.59. The summed E-state index contributed by atoms with van der Waals surface area (Å²) in [5, 5.41) is -0.121. The predicted molar refractivity (Wildman–Crippen MR) is 59.5 cm³/mol. The molecule has 0 aliphatic heterocycles. The summed E-state index contributed by atoms with van der Waals surface area (Å²) in [6.07, 6.45) is 0.370. The van der Waals surface area contributed by atoms with Crippen molar-refractivity contribution in [3.8, 4) is 0 Å². The summed E-state index contributed by atoms with van der Waals surface area (Å²) in [5.74, 6) is 0. The highest BCUT2D eigenvalue weighted by Gasteiger charge is 2.01. The van der Waals surface area contributed by atoms with E-state index in [-0.39, 0.29) is 5.12 Å². The van der Waals surface area contributed by atoms with Gasteiger partial charge in [0.25, 0.3) is 0 Å². The molecule has 0 bridgehead atoms. The molecule has 0 spiro atoms. The second kappa shape index (κ2) is 4.44. The summed E-state index contributed by atoms with van der Waals surface area (Å²) in [6.45, 7) is 0. The lowest BCUT2D eigenvalue weighted by molar-refractivity contribution is -0.110. The molecule has 64 valence electrons. The van der Waals surface area contributed by atoms with E-state index < -0.39 is 0 Å². The first-order valence-corrected chi connectivity index (χ1v) is 5.28. The van der Waals surface area contributed by atoms with Crippen LogP contribution in [0.2, 0.25) is 0 Å². The molecule has 0 amide bonds. The topological polar surface area (TPSA) is 17.1 Å². The lowest BCUT2D eigenvalue weighted by Crippen LogP contribution is -1.92. The molecule has 4 heteroatoms. The molecule has 0 heterocycles. The Morgan fingerprint density at radius 3 is 2.50 bits per heavy atom. The maximum atomic E-state index is 10.6. The monoisotopic (exact) mass is 308 g/mol. The lowest BCUT2D eigenvalue weighted by Gasteiger charge is -1.99. The van der Waals surface area contributed by atoms with Crippen LogP contribution in [0.1, 0.15) is 5.56 Å². The van der Waals surface area contributed by atoms with Gasteiger partial charge >= 0.3 is 0 Å². The van der Waals surface area contributed by atoms with Crippen molar-refractivity contribution in [3.63, 3.8) is 0 Å². The molecule has 0 fully saturated rings. The number of carbonyl (C=O) groups is 1. The van der Waals surface area contributed by atoms with Crippen molar-refractivity contribution in [1.29, 1.82) is 0 Å². The third-order valence-corrected chi connectivity index (χ3v) is 3.38. The van der Waals surface area contributed by atoms with Gasteiger partial charge in [0.05, 0.1) is 0 Å². The summed E-state index contributed by atoms with van der Waals surface area (Å²) in [5.41, 5.74) is 0.963. The number of halogens is 2. The number of rotatable bonds is 2. The molecule has 0 saturated carbocycles. The molecule has 0 aliphatic carbocycles. The summed E-state index contributed by atoms with van der Waals surface area (Å²) in [4.78, 5) is 10.6. The summed E-state index contributed by atoms with van der Waals surface area (Å²) >= 11 is 10.4. The zero-order chi connectivity index (χ0) is 9.14. The van der Waals surface area contributed by atoms with Crippen molar-refractivity contribution in [2.24, 2.45) is 0 Å². The maximum Gasteiger partial charge on any atom is 0.190 e. The van der Waals surface area contributed by atoms with Gasteiger partial charge in [0.1, 0.15) is 0 Å². The van der Waals surface area contributed by atoms with Gasteiger partial charge in [-0.1, -0.05) is 6.07 Å². The molecule has 0 aliphatic rings. The van der Waals surface area contributed by atoms with E-state index in [0.29, 0.717) is 6.42 Å². The molecule has 0 saturated heterocycles. The molecular formula is C8H6Br2OS. The number of hydrogen-bond donors (Lipinski definition) is 1. The molecule has 0 aromatic heterocycles. The molecule has 0 unspecified atom stereocenters. The van der Waals surface area contributed by atoms with Crippen molar-refractivity contribution < 1.29 is 4.79 Å². The Hall–Kier alpha value is 0.200. The third-order valence-electron chi connectivity index (χ3n) is 1.34. The average Bonchev–Trinajstić information content (AvgIpc) is 1.96. The van der Waals surface area contributed by atoms with Gasteiger partial charge in [-0.05, 0) is 49.6 Å². The quantitative estimate of drug-likeness (QED) is 0.830. The largest absolute Gasteiger partial charge is 0.287 e. The van der Waals surface area contributed by atoms with Crippen LogP contribution in [0.5, 0.6) is 0 Å². The van der Waals surface area contributed by atoms with Crippen LogP contribution in [0.3, 0.4) is 0 Å². The Balaban J connectivity index is 2.89. The SMILES string of the molecule is O=C(S)Cc1ccc(Br)c(Br)c1. The Labute approximate surface area is 93.2 Å². The van der Waals surface area contributed by atoms with E-state index in [4.69, 9.17) is 0 Å². The number of carbonyl (C=O) groups excluding carboxylic acids is 1. The number of thiol groups is 1. The highest BCUT2D eigenvalue weighted by atomic mass is 79.9. The van der Waals surface area contributed by atoms with E-state index in [1.807, 2.05) is 18.2 Å². The van der Waals surface area contributed by atoms with Crippen molar-refractivity contribution in [3.05, 3.63) is 32.7 Å². The molecule has 1 nitrogen and oxygen atoms in total. The van der Waals surface area contributed by atoms with Crippen LogP contribution >= 0.6 is 44.5 Å². The molecule has 0 N–H and O–H groups in total. The van der Waals surface area contributed by atoms with Gasteiger partial charge in [0.2, 0.25) is 0 Å². The first kappa shape index (κ1) is 10.3. The van der Waals surface area contributed by atoms with Gasteiger partial charge in [0, 0.05) is 15.4 Å². The van der Waals surface area contributed by atoms with Crippen LogP contribution in [0.25, 0.3) is 0 Å². The Kier molecular flexibility index (Phi) is 3.80. The second-order valence-corrected chi connectivity index (χ2v) is 4.53. The standard InChI is InChI=1S/C8H6Br2OS/c9-6-2-1-5(3-7(6)10)4-8(11)12/h1-3H,4H2,(H,11,12). The summed E-state index contributed by atoms with van der Waals surface area (Å²) in [7, 11) is 0. The predicted octanol–water partition coefficient (Wildman–Crippen LogP) is 3.21. The molecule has 0 atom stereocenters. The third kappa shape index (κ3) is 2.92.